The SMILES string of the molecule is Cc1ccc(C(=O)NC2CC2)cc1-n1ncc(C(=O)c2cccc(OCCBr)c2)c1N.Cc1ccc(C(=O)NC2CC2)cc1-n1ncc(C(=O)c2cccc(OCCOc3ccc(Cl)cc3)c2)c1N.Cc1ccc(C(=O)NC2CC2)cc1-n1ncc(C(=O)c2cccc(OCCOc3ccc(Cl)cc3)c2)c1N.Oc1ccc(Cl)cc1. The second-order valence-corrected chi connectivity index (χ2v) is 29.3. The highest BCUT2D eigenvalue weighted by Crippen LogP contribution is 2.32. The van der Waals surface area contributed by atoms with Crippen molar-refractivity contribution in [2.45, 2.75) is 77.4 Å². The largest absolute Gasteiger partial charge is 0.508 e. The lowest BCUT2D eigenvalue weighted by Gasteiger charge is -2.11. The predicted octanol–water partition coefficient (Wildman–Crippen LogP) is 15.7. The first-order chi connectivity index (χ1) is 55.5. The van der Waals surface area contributed by atoms with E-state index in [-0.39, 0.29) is 87.5 Å². The number of nitrogen functional groups attached to an aromatic ring is 3. The third-order valence-electron chi connectivity index (χ3n) is 18.3. The zero-order chi connectivity index (χ0) is 81.2. The highest BCUT2D eigenvalue weighted by molar-refractivity contribution is 9.09. The smallest absolute Gasteiger partial charge is 0.251 e. The molecule has 0 bridgehead atoms. The average Bonchev–Trinajstić information content (AvgIpc) is 1.67. The van der Waals surface area contributed by atoms with Gasteiger partial charge >= 0.3 is 0 Å². The topological polar surface area (TPSA) is 336 Å². The van der Waals surface area contributed by atoms with Crippen LogP contribution in [0.15, 0.2) is 219 Å². The maximum atomic E-state index is 13.3. The Hall–Kier alpha value is -12.4. The molecule has 24 nitrogen and oxygen atoms in total. The predicted molar refractivity (Wildman–Crippen MR) is 447 cm³/mol. The molecule has 0 aliphatic heterocycles. The molecule has 3 fully saturated rings. The highest BCUT2D eigenvalue weighted by atomic mass is 79.9. The van der Waals surface area contributed by atoms with Crippen LogP contribution in [0.2, 0.25) is 15.1 Å². The number of aryl methyl sites for hydroxylation is 3. The summed E-state index contributed by atoms with van der Waals surface area (Å²) in [6.45, 7) is 7.46. The van der Waals surface area contributed by atoms with Crippen molar-refractivity contribution < 1.29 is 57.6 Å². The van der Waals surface area contributed by atoms with Gasteiger partial charge in [-0.25, -0.2) is 14.0 Å². The van der Waals surface area contributed by atoms with E-state index in [1.807, 2.05) is 39.0 Å². The van der Waals surface area contributed by atoms with Gasteiger partial charge in [-0.15, -0.1) is 0 Å². The molecule has 9 aromatic carbocycles. The number of ether oxygens (including phenoxy) is 5. The second-order valence-electron chi connectivity index (χ2n) is 27.2. The van der Waals surface area contributed by atoms with Gasteiger partial charge in [-0.3, -0.25) is 28.8 Å². The molecular formula is C87H82BrCl3N12O12. The minimum atomic E-state index is -0.281. The van der Waals surface area contributed by atoms with Crippen LogP contribution in [-0.2, 0) is 0 Å². The van der Waals surface area contributed by atoms with Crippen LogP contribution in [0.1, 0.15) is 134 Å². The fourth-order valence-electron chi connectivity index (χ4n) is 11.5. The number of nitrogens with zero attached hydrogens (tertiary/aromatic N) is 6. The molecular weight excluding hydrogens is 1590 g/mol. The molecule has 3 amide bonds. The number of halogens is 4. The van der Waals surface area contributed by atoms with E-state index < -0.39 is 0 Å². The van der Waals surface area contributed by atoms with Crippen LogP contribution in [0.3, 0.4) is 0 Å². The van der Waals surface area contributed by atoms with E-state index in [4.69, 9.17) is 80.8 Å². The molecule has 0 radical (unpaired) electrons. The molecule has 0 unspecified atom stereocenters. The molecule has 0 atom stereocenters. The standard InChI is InChI=1S/2C29H27ClN4O4.C23H23BrN4O3.C6H5ClO/c2*1-18-5-6-20(29(36)33-22-9-10-22)16-26(18)34-28(31)25(17-32-34)27(35)19-3-2-4-24(15-19)38-14-13-37-23-11-7-21(30)8-12-23;1-14-5-6-16(23(30)27-17-7-8-17)12-20(14)28-22(25)19(13-26-28)21(29)15-3-2-4-18(11-15)31-10-9-24;7-5-1-3-6(8)4-2-5/h2*2-8,11-12,15-17,22H,9-10,13-14,31H2,1H3,(H,33,36);2-6,11-13,17H,7-10,25H2,1H3,(H,27,30);1-4,8H. The molecule has 28 heteroatoms. The number of carbonyl (C=O) groups excluding carboxylic acids is 6. The van der Waals surface area contributed by atoms with Crippen molar-refractivity contribution in [2.24, 2.45) is 0 Å². The first kappa shape index (κ1) is 82.0. The van der Waals surface area contributed by atoms with Crippen LogP contribution >= 0.6 is 50.7 Å². The van der Waals surface area contributed by atoms with E-state index in [9.17, 15) is 28.8 Å². The van der Waals surface area contributed by atoms with Crippen molar-refractivity contribution in [2.75, 3.05) is 55.6 Å². The van der Waals surface area contributed by atoms with E-state index in [2.05, 4.69) is 47.2 Å². The molecule has 3 aromatic heterocycles. The number of aromatic hydroxyl groups is 1. The monoisotopic (exact) mass is 1670 g/mol. The number of aromatic nitrogens is 6. The van der Waals surface area contributed by atoms with Crippen LogP contribution in [0.4, 0.5) is 17.5 Å². The summed E-state index contributed by atoms with van der Waals surface area (Å²) in [5, 5.41) is 33.3. The number of nitrogens with one attached hydrogen (secondary N) is 3. The number of hydrogen-bond acceptors (Lipinski definition) is 18. The molecule has 3 saturated carbocycles. The first-order valence-electron chi connectivity index (χ1n) is 36.9. The number of ketones is 3. The molecule has 115 heavy (non-hydrogen) atoms. The fourth-order valence-corrected chi connectivity index (χ4v) is 12.1. The van der Waals surface area contributed by atoms with Gasteiger partial charge in [0.25, 0.3) is 17.7 Å². The minimum Gasteiger partial charge on any atom is -0.508 e. The molecule has 3 heterocycles. The van der Waals surface area contributed by atoms with E-state index in [1.54, 1.807) is 182 Å². The van der Waals surface area contributed by atoms with Crippen molar-refractivity contribution in [3.63, 3.8) is 0 Å². The van der Waals surface area contributed by atoms with Gasteiger partial charge in [0.15, 0.2) is 17.3 Å². The molecule has 3 aliphatic rings. The summed E-state index contributed by atoms with van der Waals surface area (Å²) in [5.41, 5.74) is 27.4. The number of phenols is 1. The number of hydrogen-bond donors (Lipinski definition) is 7. The Morgan fingerprint density at radius 1 is 0.383 bits per heavy atom. The maximum absolute atomic E-state index is 13.3. The Kier molecular flexibility index (Phi) is 27.4. The van der Waals surface area contributed by atoms with Crippen LogP contribution in [0.5, 0.6) is 34.5 Å². The van der Waals surface area contributed by atoms with Crippen molar-refractivity contribution in [1.29, 1.82) is 0 Å². The van der Waals surface area contributed by atoms with Gasteiger partial charge in [-0.05, 0) is 222 Å². The van der Waals surface area contributed by atoms with Crippen molar-refractivity contribution in [3.8, 4) is 51.6 Å². The second kappa shape index (κ2) is 38.4. The summed E-state index contributed by atoms with van der Waals surface area (Å²) >= 11 is 20.6. The summed E-state index contributed by atoms with van der Waals surface area (Å²) in [7, 11) is 0. The number of amides is 3. The fraction of sp³-hybridized carbons (Fsp3) is 0.207. The van der Waals surface area contributed by atoms with Gasteiger partial charge in [0.05, 0.1) is 58.9 Å². The molecule has 10 N–H and O–H groups in total. The zero-order valence-electron chi connectivity index (χ0n) is 62.9. The lowest BCUT2D eigenvalue weighted by atomic mass is 10.1. The number of phenolic OH excluding ortho intramolecular Hbond substituents is 1. The van der Waals surface area contributed by atoms with Crippen molar-refractivity contribution in [1.82, 2.24) is 45.3 Å². The molecule has 0 saturated heterocycles. The lowest BCUT2D eigenvalue weighted by Crippen LogP contribution is -2.25. The molecule has 12 aromatic rings. The number of anilines is 3. The Labute approximate surface area is 686 Å². The molecule has 15 rings (SSSR count). The summed E-state index contributed by atoms with van der Waals surface area (Å²) in [5.74, 6) is 2.73. The lowest BCUT2D eigenvalue weighted by molar-refractivity contribution is 0.0942. The third kappa shape index (κ3) is 22.3. The van der Waals surface area contributed by atoms with Gasteiger partial charge in [-0.1, -0.05) is 105 Å². The van der Waals surface area contributed by atoms with E-state index in [1.165, 1.54) is 32.6 Å². The van der Waals surface area contributed by atoms with Gasteiger partial charge < -0.3 is 61.9 Å². The van der Waals surface area contributed by atoms with Crippen LogP contribution in [-0.4, -0.2) is 126 Å². The zero-order valence-corrected chi connectivity index (χ0v) is 66.7. The Bertz CT molecular complexity index is 5250. The normalized spacial score (nSPS) is 12.5. The van der Waals surface area contributed by atoms with Crippen LogP contribution in [0.25, 0.3) is 17.1 Å². The Morgan fingerprint density at radius 2 is 0.661 bits per heavy atom. The summed E-state index contributed by atoms with van der Waals surface area (Å²) in [4.78, 5) is 77.2. The summed E-state index contributed by atoms with van der Waals surface area (Å²) < 4.78 is 32.9. The van der Waals surface area contributed by atoms with Gasteiger partial charge in [0.1, 0.15) is 78.4 Å². The van der Waals surface area contributed by atoms with Gasteiger partial charge in [0.2, 0.25) is 0 Å². The summed E-state index contributed by atoms with van der Waals surface area (Å²) in [6.07, 6.45) is 10.4. The molecule has 3 aliphatic carbocycles. The molecule has 590 valence electrons. The van der Waals surface area contributed by atoms with Crippen LogP contribution < -0.4 is 56.8 Å². The first-order valence-corrected chi connectivity index (χ1v) is 39.2. The van der Waals surface area contributed by atoms with Crippen LogP contribution in [0, 0.1) is 20.8 Å². The minimum absolute atomic E-state index is 0.119. The quantitative estimate of drug-likeness (QED) is 0.0136. The Morgan fingerprint density at radius 3 is 0.939 bits per heavy atom. The number of nitrogens with two attached hydrogens (primary N) is 3. The van der Waals surface area contributed by atoms with Gasteiger partial charge in [-0.2, -0.15) is 15.3 Å². The third-order valence-corrected chi connectivity index (χ3v) is 19.4. The van der Waals surface area contributed by atoms with Gasteiger partial charge in [0, 0.05) is 71.9 Å². The Balaban J connectivity index is 0.000000152. The van der Waals surface area contributed by atoms with Crippen molar-refractivity contribution >= 4 is 103 Å². The maximum Gasteiger partial charge on any atom is 0.251 e. The number of benzene rings is 9. The van der Waals surface area contributed by atoms with E-state index in [0.717, 1.165) is 55.2 Å². The number of rotatable bonds is 28. The van der Waals surface area contributed by atoms with Crippen molar-refractivity contribution in [3.05, 3.63) is 301 Å². The summed E-state index contributed by atoms with van der Waals surface area (Å²) in [6, 6.07) is 58.1. The number of alkyl halides is 1. The number of carbonyl (C=O) groups is 6. The average molecular weight is 1670 g/mol. The highest BCUT2D eigenvalue weighted by Gasteiger charge is 2.29. The van der Waals surface area contributed by atoms with E-state index >= 15 is 0 Å². The van der Waals surface area contributed by atoms with E-state index in [0.29, 0.717) is 138 Å². The molecule has 0 spiro atoms.